The normalized spacial score (nSPS) is 14.6. The van der Waals surface area contributed by atoms with Gasteiger partial charge in [-0.3, -0.25) is 0 Å². The van der Waals surface area contributed by atoms with Gasteiger partial charge in [0.05, 0.1) is 34.1 Å². The summed E-state index contributed by atoms with van der Waals surface area (Å²) in [5.74, 6) is 1.01. The van der Waals surface area contributed by atoms with Crippen molar-refractivity contribution in [2.24, 2.45) is 0 Å². The van der Waals surface area contributed by atoms with Crippen molar-refractivity contribution in [1.29, 1.82) is 0 Å². The van der Waals surface area contributed by atoms with E-state index in [0.717, 1.165) is 41.8 Å². The topological polar surface area (TPSA) is 125 Å². The summed E-state index contributed by atoms with van der Waals surface area (Å²) >= 11 is 0. The first kappa shape index (κ1) is 23.1. The van der Waals surface area contributed by atoms with Crippen molar-refractivity contribution in [3.05, 3.63) is 68.8 Å². The van der Waals surface area contributed by atoms with Gasteiger partial charge in [0.15, 0.2) is 15.5 Å². The van der Waals surface area contributed by atoms with Gasteiger partial charge in [-0.1, -0.05) is 38.1 Å². The summed E-state index contributed by atoms with van der Waals surface area (Å²) in [5, 5.41) is 9.08. The summed E-state index contributed by atoms with van der Waals surface area (Å²) < 4.78 is 26.8. The fourth-order valence-corrected chi connectivity index (χ4v) is 5.55. The number of unbranched alkanes of at least 4 members (excludes halogenated alkanes) is 1. The van der Waals surface area contributed by atoms with Crippen molar-refractivity contribution in [3.63, 3.8) is 0 Å². The lowest BCUT2D eigenvalue weighted by Crippen LogP contribution is -2.22. The summed E-state index contributed by atoms with van der Waals surface area (Å²) in [7, 11) is -3.17. The number of benzene rings is 1. The van der Waals surface area contributed by atoms with E-state index in [1.807, 2.05) is 37.3 Å². The lowest BCUT2D eigenvalue weighted by molar-refractivity contribution is 0.592. The van der Waals surface area contributed by atoms with Gasteiger partial charge in [-0.15, -0.1) is 0 Å². The number of nitrogens with one attached hydrogen (secondary N) is 3. The molecule has 9 nitrogen and oxygen atoms in total. The Kier molecular flexibility index (Phi) is 6.06. The second kappa shape index (κ2) is 9.18. The Hall–Kier alpha value is -3.66. The molecule has 5 rings (SSSR count). The van der Waals surface area contributed by atoms with Crippen molar-refractivity contribution in [1.82, 2.24) is 24.6 Å². The molecule has 0 radical (unpaired) electrons. The van der Waals surface area contributed by atoms with E-state index >= 15 is 0 Å². The summed E-state index contributed by atoms with van der Waals surface area (Å²) in [4.78, 5) is 21.9. The van der Waals surface area contributed by atoms with Crippen LogP contribution in [0.2, 0.25) is 0 Å². The highest BCUT2D eigenvalue weighted by Gasteiger charge is 2.23. The van der Waals surface area contributed by atoms with E-state index in [9.17, 15) is 13.2 Å². The van der Waals surface area contributed by atoms with Crippen LogP contribution in [0.1, 0.15) is 43.7 Å². The van der Waals surface area contributed by atoms with Crippen molar-refractivity contribution < 1.29 is 8.42 Å². The van der Waals surface area contributed by atoms with Crippen LogP contribution in [0.3, 0.4) is 0 Å². The molecular formula is C25H28N6O3S. The number of hydrogen-bond acceptors (Lipinski definition) is 6. The average molecular weight is 493 g/mol. The van der Waals surface area contributed by atoms with E-state index in [1.54, 1.807) is 16.8 Å². The SMILES string of the molecule is C=c1[nH]c(=O)[nH]/c1=C\c1cnn2c(NC3CC3)cc(-c3cccc(CS(=O)(=O)CCCC)c3)nc12. The van der Waals surface area contributed by atoms with Crippen molar-refractivity contribution >= 4 is 34.0 Å². The number of rotatable bonds is 9. The Morgan fingerprint density at radius 2 is 2.09 bits per heavy atom. The first-order valence-electron chi connectivity index (χ1n) is 11.8. The Labute approximate surface area is 202 Å². The maximum atomic E-state index is 12.5. The zero-order valence-corrected chi connectivity index (χ0v) is 20.4. The third-order valence-electron chi connectivity index (χ3n) is 5.98. The molecule has 182 valence electrons. The number of anilines is 1. The van der Waals surface area contributed by atoms with Crippen LogP contribution in [0.4, 0.5) is 5.82 Å². The molecule has 0 atom stereocenters. The van der Waals surface area contributed by atoms with E-state index in [-0.39, 0.29) is 17.2 Å². The molecule has 0 unspecified atom stereocenters. The highest BCUT2D eigenvalue weighted by Crippen LogP contribution is 2.29. The number of H-pyrrole nitrogens is 2. The minimum atomic E-state index is -3.17. The van der Waals surface area contributed by atoms with E-state index in [1.165, 1.54) is 0 Å². The molecule has 10 heteroatoms. The second-order valence-corrected chi connectivity index (χ2v) is 11.2. The van der Waals surface area contributed by atoms with Gasteiger partial charge in [0.25, 0.3) is 0 Å². The summed E-state index contributed by atoms with van der Waals surface area (Å²) in [6.45, 7) is 5.85. The third kappa shape index (κ3) is 5.22. The number of nitrogens with zero attached hydrogens (tertiary/aromatic N) is 3. The average Bonchev–Trinajstić information content (AvgIpc) is 3.45. The van der Waals surface area contributed by atoms with Gasteiger partial charge in [0.2, 0.25) is 0 Å². The van der Waals surface area contributed by atoms with Gasteiger partial charge in [0, 0.05) is 23.2 Å². The van der Waals surface area contributed by atoms with Gasteiger partial charge in [0.1, 0.15) is 5.82 Å². The lowest BCUT2D eigenvalue weighted by atomic mass is 10.1. The van der Waals surface area contributed by atoms with E-state index < -0.39 is 9.84 Å². The first-order valence-corrected chi connectivity index (χ1v) is 13.6. The predicted octanol–water partition coefficient (Wildman–Crippen LogP) is 1.94. The maximum absolute atomic E-state index is 12.5. The van der Waals surface area contributed by atoms with Crippen LogP contribution >= 0.6 is 0 Å². The molecule has 3 N–H and O–H groups in total. The zero-order chi connectivity index (χ0) is 24.6. The zero-order valence-electron chi connectivity index (χ0n) is 19.5. The molecule has 3 aromatic heterocycles. The fourth-order valence-electron chi connectivity index (χ4n) is 3.99. The molecule has 35 heavy (non-hydrogen) atoms. The molecular weight excluding hydrogens is 464 g/mol. The minimum absolute atomic E-state index is 0.00903. The van der Waals surface area contributed by atoms with E-state index in [2.05, 4.69) is 27.0 Å². The third-order valence-corrected chi connectivity index (χ3v) is 7.67. The molecule has 3 heterocycles. The van der Waals surface area contributed by atoms with Gasteiger partial charge in [-0.2, -0.15) is 9.61 Å². The van der Waals surface area contributed by atoms with Crippen LogP contribution in [-0.2, 0) is 15.6 Å². The maximum Gasteiger partial charge on any atom is 0.323 e. The molecule has 0 bridgehead atoms. The van der Waals surface area contributed by atoms with Crippen molar-refractivity contribution in [3.8, 4) is 11.3 Å². The highest BCUT2D eigenvalue weighted by atomic mass is 32.2. The predicted molar refractivity (Wildman–Crippen MR) is 137 cm³/mol. The van der Waals surface area contributed by atoms with Gasteiger partial charge in [-0.05, 0) is 37.0 Å². The van der Waals surface area contributed by atoms with E-state index in [0.29, 0.717) is 34.5 Å². The number of aromatic amines is 2. The molecule has 0 spiro atoms. The molecule has 0 amide bonds. The lowest BCUT2D eigenvalue weighted by Gasteiger charge is -2.11. The van der Waals surface area contributed by atoms with Gasteiger partial charge in [-0.25, -0.2) is 18.2 Å². The van der Waals surface area contributed by atoms with Crippen LogP contribution < -0.4 is 21.7 Å². The standard InChI is InChI=1S/C25H28N6O3S/c1-3-4-10-35(33,34)15-17-6-5-7-18(11-17)22-13-23(28-20-8-9-20)31-24(29-22)19(14-26-31)12-21-16(2)27-25(32)30-21/h5-7,11-14,20,28H,2-4,8-10,15H2,1H3,(H2,27,30,32)/b21-12-. The minimum Gasteiger partial charge on any atom is -0.367 e. The molecule has 1 aliphatic carbocycles. The molecule has 0 aliphatic heterocycles. The molecule has 1 fully saturated rings. The number of imidazole rings is 1. The molecule has 4 aromatic rings. The van der Waals surface area contributed by atoms with Crippen LogP contribution in [0.15, 0.2) is 41.3 Å². The fraction of sp³-hybridized carbons (Fsp3) is 0.320. The number of sulfone groups is 1. The second-order valence-electron chi connectivity index (χ2n) is 9.04. The van der Waals surface area contributed by atoms with Crippen LogP contribution in [0.5, 0.6) is 0 Å². The molecule has 0 saturated heterocycles. The Morgan fingerprint density at radius 1 is 1.26 bits per heavy atom. The monoisotopic (exact) mass is 492 g/mol. The Morgan fingerprint density at radius 3 is 2.80 bits per heavy atom. The number of hydrogen-bond donors (Lipinski definition) is 3. The molecule has 1 aromatic carbocycles. The Balaban J connectivity index is 1.59. The number of aromatic nitrogens is 5. The van der Waals surface area contributed by atoms with Crippen LogP contribution in [0.25, 0.3) is 29.6 Å². The molecule has 1 saturated carbocycles. The summed E-state index contributed by atoms with van der Waals surface area (Å²) in [5.41, 5.74) is 3.30. The van der Waals surface area contributed by atoms with Crippen LogP contribution in [-0.4, -0.2) is 44.8 Å². The Bertz CT molecular complexity index is 1660. The largest absolute Gasteiger partial charge is 0.367 e. The summed E-state index contributed by atoms with van der Waals surface area (Å²) in [6, 6.07) is 9.86. The smallest absolute Gasteiger partial charge is 0.323 e. The van der Waals surface area contributed by atoms with Gasteiger partial charge < -0.3 is 15.3 Å². The number of fused-ring (bicyclic) bond motifs is 1. The van der Waals surface area contributed by atoms with Crippen LogP contribution in [0, 0.1) is 0 Å². The quantitative estimate of drug-likeness (QED) is 0.328. The van der Waals surface area contributed by atoms with Crippen molar-refractivity contribution in [2.75, 3.05) is 11.1 Å². The first-order chi connectivity index (χ1) is 16.8. The highest BCUT2D eigenvalue weighted by molar-refractivity contribution is 7.90. The van der Waals surface area contributed by atoms with E-state index in [4.69, 9.17) is 4.98 Å². The van der Waals surface area contributed by atoms with Crippen molar-refractivity contribution in [2.45, 2.75) is 44.4 Å². The van der Waals surface area contributed by atoms with Gasteiger partial charge >= 0.3 is 5.69 Å². The molecule has 1 aliphatic rings. The summed E-state index contributed by atoms with van der Waals surface area (Å²) in [6.07, 6.45) is 7.19.